The molecule has 20 rings (SSSR count). The first-order valence-electron chi connectivity index (χ1n) is 42.7. The summed E-state index contributed by atoms with van der Waals surface area (Å²) in [6.45, 7) is 54.9. The number of pyridine rings is 4. The fourth-order valence-corrected chi connectivity index (χ4v) is 18.3. The summed E-state index contributed by atoms with van der Waals surface area (Å²) in [6.07, 6.45) is 8.19. The molecular formula is C114H96N8O4+4. The van der Waals surface area contributed by atoms with Crippen molar-refractivity contribution in [2.75, 3.05) is 0 Å². The summed E-state index contributed by atoms with van der Waals surface area (Å²) in [5.74, 6) is 0.658. The lowest BCUT2D eigenvalue weighted by atomic mass is 9.89. The lowest BCUT2D eigenvalue weighted by Crippen LogP contribution is -2.30. The van der Waals surface area contributed by atoms with Crippen LogP contribution in [0.1, 0.15) is 104 Å². The molecule has 12 nitrogen and oxygen atoms in total. The molecule has 0 unspecified atom stereocenters. The molecule has 0 saturated carbocycles. The van der Waals surface area contributed by atoms with Gasteiger partial charge in [-0.2, -0.15) is 0 Å². The van der Waals surface area contributed by atoms with Crippen LogP contribution < -0.4 is 18.3 Å². The molecule has 12 aromatic carbocycles. The fraction of sp³-hybridized carbons (Fsp3) is 0.158. The zero-order valence-electron chi connectivity index (χ0n) is 73.7. The smallest absolute Gasteiger partial charge is 0.233 e. The summed E-state index contributed by atoms with van der Waals surface area (Å²) < 4.78 is 34.8. The Bertz CT molecular complexity index is 7890. The molecule has 0 bridgehead atoms. The van der Waals surface area contributed by atoms with Crippen molar-refractivity contribution < 1.29 is 35.9 Å². The van der Waals surface area contributed by atoms with E-state index >= 15 is 0 Å². The molecule has 0 radical (unpaired) electrons. The predicted octanol–water partition coefficient (Wildman–Crippen LogP) is 30.1. The minimum Gasteiger partial charge on any atom is -0.466 e. The van der Waals surface area contributed by atoms with E-state index in [1.165, 1.54) is 0 Å². The Morgan fingerprint density at radius 1 is 0.246 bits per heavy atom. The molecule has 0 N–H and O–H groups in total. The number of furan rings is 4. The van der Waals surface area contributed by atoms with Crippen molar-refractivity contribution in [2.45, 2.75) is 93.9 Å². The van der Waals surface area contributed by atoms with Gasteiger partial charge in [0.15, 0.2) is 24.8 Å². The molecule has 0 atom stereocenters. The zero-order valence-corrected chi connectivity index (χ0v) is 73.7. The van der Waals surface area contributed by atoms with Crippen molar-refractivity contribution in [1.29, 1.82) is 0 Å². The number of rotatable bonds is 11. The van der Waals surface area contributed by atoms with Crippen molar-refractivity contribution >= 4 is 111 Å². The van der Waals surface area contributed by atoms with E-state index in [1.807, 2.05) is 132 Å². The Morgan fingerprint density at radius 3 is 0.952 bits per heavy atom. The quantitative estimate of drug-likeness (QED) is 0.0954. The van der Waals surface area contributed by atoms with E-state index in [1.54, 1.807) is 0 Å². The average Bonchev–Trinajstić information content (AvgIpc) is 1.62. The molecule has 612 valence electrons. The zero-order chi connectivity index (χ0) is 88.0. The van der Waals surface area contributed by atoms with Gasteiger partial charge < -0.3 is 17.7 Å². The van der Waals surface area contributed by atoms with Gasteiger partial charge in [-0.1, -0.05) is 217 Å². The number of fused-ring (bicyclic) bond motifs is 12. The normalized spacial score (nSPS) is 11.3. The molecule has 0 aliphatic rings. The summed E-state index contributed by atoms with van der Waals surface area (Å²) in [7, 11) is 8.19. The van der Waals surface area contributed by atoms with Gasteiger partial charge in [0, 0.05) is 91.6 Å². The number of benzene rings is 12. The Kier molecular flexibility index (Phi) is 22.6. The average molecular weight is 1640 g/mol. The topological polar surface area (TPSA) is 85.5 Å². The Morgan fingerprint density at radius 2 is 0.556 bits per heavy atom. The van der Waals surface area contributed by atoms with E-state index < -0.39 is 0 Å². The van der Waals surface area contributed by atoms with Crippen molar-refractivity contribution in [3.05, 3.63) is 382 Å². The third kappa shape index (κ3) is 14.6. The summed E-state index contributed by atoms with van der Waals surface area (Å²) >= 11 is 0. The molecule has 8 heterocycles. The lowest BCUT2D eigenvalue weighted by Gasteiger charge is -2.16. The van der Waals surface area contributed by atoms with Gasteiger partial charge >= 0.3 is 0 Å². The molecule has 0 aliphatic heterocycles. The molecule has 0 aliphatic carbocycles. The standard InChI is InChI=1S/3C29H25N2O.C27H21N2O/c1-18(2)21-14-15-22-26-23(20-11-7-6-8-12-20)17-19(3)25(24-13-9-10-16-31(24)5)29(26)32-28(22)27(21)30-4;1-18(2)25-22(20-11-7-6-8-12-20)17-23-21-15-14-19(3)26(24-13-9-10-16-31(24)5)28(21)32-29(23)27(25)30-4;1-18(2)22-17-23(20-11-7-6-8-12-20)26-21-15-14-19(3)25(24-13-9-10-16-31(24)5)28(21)32-29(26)27(22)30-4;1-17-13-14-20-24-21(19-10-6-5-7-11-19)16-18(2)23(22-12-8-9-15-29(22)4)27(24)30-26(20)25(17)28-3/h3*6-18H,1-3,5H3;5-16H,1-2,4H3/q4*+1. The number of nitrogens with zero attached hydrogens (tertiary/aromatic N) is 8. The summed E-state index contributed by atoms with van der Waals surface area (Å²) in [4.78, 5) is 15.6. The maximum Gasteiger partial charge on any atom is 0.233 e. The largest absolute Gasteiger partial charge is 0.466 e. The van der Waals surface area contributed by atoms with Gasteiger partial charge in [-0.25, -0.2) is 37.6 Å². The van der Waals surface area contributed by atoms with Crippen molar-refractivity contribution in [3.63, 3.8) is 0 Å². The van der Waals surface area contributed by atoms with Crippen molar-refractivity contribution in [1.82, 2.24) is 0 Å². The molecule has 0 saturated heterocycles. The summed E-state index contributed by atoms with van der Waals surface area (Å²) in [5, 5.41) is 8.21. The monoisotopic (exact) mass is 1640 g/mol. The minimum absolute atomic E-state index is 0.194. The molecule has 8 aromatic heterocycles. The van der Waals surface area contributed by atoms with Crippen LogP contribution >= 0.6 is 0 Å². The maximum atomic E-state index is 8.05. The number of aryl methyl sites for hydroxylation is 9. The van der Waals surface area contributed by atoms with Crippen LogP contribution in [-0.2, 0) is 28.2 Å². The van der Waals surface area contributed by atoms with Crippen LogP contribution in [0.4, 0.5) is 22.7 Å². The van der Waals surface area contributed by atoms with E-state index in [2.05, 4.69) is 302 Å². The second-order valence-corrected chi connectivity index (χ2v) is 33.6. The Hall–Kier alpha value is -15.6. The minimum atomic E-state index is 0.194. The van der Waals surface area contributed by atoms with Crippen LogP contribution in [0.3, 0.4) is 0 Å². The molecular weight excluding hydrogens is 1550 g/mol. The van der Waals surface area contributed by atoms with Gasteiger partial charge in [-0.15, -0.1) is 0 Å². The lowest BCUT2D eigenvalue weighted by molar-refractivity contribution is -0.660. The van der Waals surface area contributed by atoms with Gasteiger partial charge in [0.05, 0.1) is 48.5 Å². The second-order valence-electron chi connectivity index (χ2n) is 33.6. The van der Waals surface area contributed by atoms with E-state index in [-0.39, 0.29) is 17.8 Å². The van der Waals surface area contributed by atoms with Crippen LogP contribution in [0, 0.1) is 60.9 Å². The Balaban J connectivity index is 0.000000119. The highest BCUT2D eigenvalue weighted by Crippen LogP contribution is 2.53. The van der Waals surface area contributed by atoms with Gasteiger partial charge in [-0.3, -0.25) is 0 Å². The molecule has 0 spiro atoms. The summed E-state index contributed by atoms with van der Waals surface area (Å²) in [6, 6.07) is 92.1. The fourth-order valence-electron chi connectivity index (χ4n) is 18.3. The highest BCUT2D eigenvalue weighted by atomic mass is 16.3. The van der Waals surface area contributed by atoms with Crippen LogP contribution in [0.25, 0.3) is 197 Å². The van der Waals surface area contributed by atoms with Gasteiger partial charge in [0.25, 0.3) is 0 Å². The first-order valence-corrected chi connectivity index (χ1v) is 42.7. The molecule has 126 heavy (non-hydrogen) atoms. The summed E-state index contributed by atoms with van der Waals surface area (Å²) in [5.41, 5.74) is 34.8. The molecule has 0 amide bonds. The van der Waals surface area contributed by atoms with Crippen molar-refractivity contribution in [2.24, 2.45) is 28.2 Å². The van der Waals surface area contributed by atoms with E-state index in [9.17, 15) is 0 Å². The van der Waals surface area contributed by atoms with Crippen LogP contribution in [0.15, 0.2) is 309 Å². The van der Waals surface area contributed by atoms with Crippen LogP contribution in [0.5, 0.6) is 0 Å². The second kappa shape index (κ2) is 34.4. The van der Waals surface area contributed by atoms with E-state index in [0.717, 1.165) is 199 Å². The van der Waals surface area contributed by atoms with Crippen molar-refractivity contribution in [3.8, 4) is 89.5 Å². The number of hydrogen-bond acceptors (Lipinski definition) is 4. The maximum absolute atomic E-state index is 8.05. The van der Waals surface area contributed by atoms with Gasteiger partial charge in [0.2, 0.25) is 45.5 Å². The number of hydrogen-bond donors (Lipinski definition) is 0. The van der Waals surface area contributed by atoms with Crippen LogP contribution in [-0.4, -0.2) is 0 Å². The third-order valence-electron chi connectivity index (χ3n) is 24.5. The van der Waals surface area contributed by atoms with Gasteiger partial charge in [0.1, 0.15) is 72.9 Å². The third-order valence-corrected chi connectivity index (χ3v) is 24.5. The first-order chi connectivity index (χ1) is 61.1. The Labute approximate surface area is 735 Å². The molecule has 0 fully saturated rings. The highest BCUT2D eigenvalue weighted by Gasteiger charge is 2.32. The first kappa shape index (κ1) is 82.7. The SMILES string of the molecule is [C-]#[N+]c1c(C(C)C)c(-c2ccccc2)cc2c1oc1c(-c3cccc[n+]3C)c(C)ccc12.[C-]#[N+]c1c(C(C)C)cc(-c2ccccc2)c2c1oc1c(-c3cccc[n+]3C)c(C)ccc12.[C-]#[N+]c1c(C(C)C)ccc2c1oc1c(-c3cccc[n+]3C)c(C)cc(-c3ccccc3)c12.[C-]#[N+]c1c(C)ccc2c1oc1c(-c3cccc[n+]3C)c(C)cc(-c3ccccc3)c12. The van der Waals surface area contributed by atoms with Gasteiger partial charge in [-0.05, 0) is 184 Å². The number of aromatic nitrogens is 4. The highest BCUT2D eigenvalue weighted by molar-refractivity contribution is 6.22. The predicted molar refractivity (Wildman–Crippen MR) is 514 cm³/mol. The van der Waals surface area contributed by atoms with E-state index in [0.29, 0.717) is 45.1 Å². The molecule has 20 aromatic rings. The van der Waals surface area contributed by atoms with Crippen LogP contribution in [0.2, 0.25) is 0 Å². The molecule has 12 heteroatoms. The van der Waals surface area contributed by atoms with E-state index in [4.69, 9.17) is 44.0 Å².